The summed E-state index contributed by atoms with van der Waals surface area (Å²) in [5.74, 6) is -1.79. The first kappa shape index (κ1) is 22.8. The van der Waals surface area contributed by atoms with E-state index in [1.54, 1.807) is 20.8 Å². The van der Waals surface area contributed by atoms with Crippen molar-refractivity contribution in [2.24, 2.45) is 10.2 Å². The molecule has 0 spiro atoms. The van der Waals surface area contributed by atoms with Crippen molar-refractivity contribution in [2.45, 2.75) is 51.3 Å². The van der Waals surface area contributed by atoms with E-state index in [-0.39, 0.29) is 19.5 Å². The van der Waals surface area contributed by atoms with Gasteiger partial charge in [0.1, 0.15) is 5.60 Å². The lowest BCUT2D eigenvalue weighted by atomic mass is 10.1. The van der Waals surface area contributed by atoms with Crippen molar-refractivity contribution < 1.29 is 24.2 Å². The number of nitrogens with zero attached hydrogens (tertiary/aromatic N) is 6. The van der Waals surface area contributed by atoms with Crippen LogP contribution in [-0.2, 0) is 14.3 Å². The van der Waals surface area contributed by atoms with Gasteiger partial charge in [-0.25, -0.2) is 4.79 Å². The van der Waals surface area contributed by atoms with Crippen LogP contribution in [0.5, 0.6) is 0 Å². The number of nitrogens with one attached hydrogen (secondary N) is 2. The highest BCUT2D eigenvalue weighted by Crippen LogP contribution is 2.07. The number of ether oxygens (including phenoxy) is 1. The molecule has 0 aliphatic carbocycles. The van der Waals surface area contributed by atoms with Gasteiger partial charge >= 0.3 is 12.1 Å². The summed E-state index contributed by atoms with van der Waals surface area (Å²) in [6.45, 7) is 4.54. The molecule has 144 valence electrons. The molecule has 26 heavy (non-hydrogen) atoms. The first-order chi connectivity index (χ1) is 12.1. The zero-order chi connectivity index (χ0) is 20.2. The first-order valence-electron chi connectivity index (χ1n) is 7.59. The topological polar surface area (TPSA) is 202 Å². The van der Waals surface area contributed by atoms with Gasteiger partial charge in [0.15, 0.2) is 0 Å². The van der Waals surface area contributed by atoms with Gasteiger partial charge in [-0.2, -0.15) is 0 Å². The predicted molar refractivity (Wildman–Crippen MR) is 90.0 cm³/mol. The number of azide groups is 2. The Morgan fingerprint density at radius 3 is 1.96 bits per heavy atom. The lowest BCUT2D eigenvalue weighted by Gasteiger charge is -2.23. The zero-order valence-corrected chi connectivity index (χ0v) is 14.7. The van der Waals surface area contributed by atoms with E-state index in [1.165, 1.54) is 0 Å². The average molecular weight is 370 g/mol. The molecule has 0 rings (SSSR count). The quantitative estimate of drug-likeness (QED) is 0.298. The van der Waals surface area contributed by atoms with Gasteiger partial charge in [-0.05, 0) is 31.8 Å². The lowest BCUT2D eigenvalue weighted by Crippen LogP contribution is -2.45. The third kappa shape index (κ3) is 12.3. The van der Waals surface area contributed by atoms with Gasteiger partial charge in [0.05, 0.1) is 6.42 Å². The lowest BCUT2D eigenvalue weighted by molar-refractivity contribution is -0.137. The van der Waals surface area contributed by atoms with E-state index in [2.05, 4.69) is 30.7 Å². The highest BCUT2D eigenvalue weighted by atomic mass is 16.6. The zero-order valence-electron chi connectivity index (χ0n) is 14.7. The molecule has 2 amide bonds. The van der Waals surface area contributed by atoms with E-state index in [0.29, 0.717) is 0 Å². The van der Waals surface area contributed by atoms with Crippen molar-refractivity contribution in [3.05, 3.63) is 20.9 Å². The molecule has 0 aromatic carbocycles. The third-order valence-corrected chi connectivity index (χ3v) is 2.67. The molecule has 2 atom stereocenters. The van der Waals surface area contributed by atoms with Crippen LogP contribution in [0.25, 0.3) is 20.9 Å². The van der Waals surface area contributed by atoms with Crippen molar-refractivity contribution in [1.82, 2.24) is 10.6 Å². The van der Waals surface area contributed by atoms with Gasteiger partial charge in [0.2, 0.25) is 5.91 Å². The second-order valence-electron chi connectivity index (χ2n) is 6.24. The Kier molecular flexibility index (Phi) is 10.0. The number of alkyl carbamates (subject to hydrolysis) is 1. The Labute approximate surface area is 149 Å². The van der Waals surface area contributed by atoms with Crippen molar-refractivity contribution in [2.75, 3.05) is 13.1 Å². The van der Waals surface area contributed by atoms with E-state index in [1.807, 2.05) is 0 Å². The molecule has 0 radical (unpaired) electrons. The number of aliphatic carboxylic acids is 1. The van der Waals surface area contributed by atoms with Gasteiger partial charge in [0, 0.05) is 41.4 Å². The highest BCUT2D eigenvalue weighted by Gasteiger charge is 2.22. The Hall–Kier alpha value is -3.17. The summed E-state index contributed by atoms with van der Waals surface area (Å²) < 4.78 is 5.07. The molecule has 0 aromatic rings. The summed E-state index contributed by atoms with van der Waals surface area (Å²) in [4.78, 5) is 39.7. The second kappa shape index (κ2) is 11.4. The molecule has 0 aliphatic heterocycles. The minimum Gasteiger partial charge on any atom is -0.481 e. The van der Waals surface area contributed by atoms with Crippen LogP contribution in [0.2, 0.25) is 0 Å². The van der Waals surface area contributed by atoms with Crippen molar-refractivity contribution in [3.63, 3.8) is 0 Å². The Morgan fingerprint density at radius 2 is 1.54 bits per heavy atom. The summed E-state index contributed by atoms with van der Waals surface area (Å²) >= 11 is 0. The standard InChI is InChI=1S/C13H22N8O5/c1-13(2,3)26-12(25)19-8(6-16-20-14)4-10(22)18-9(5-11(23)24)7-17-21-15/h8-9H,4-7H2,1-3H3,(H,18,22)(H,19,25)(H,23,24)/t8-,9-/m0/s1. The number of rotatable bonds is 10. The second-order valence-corrected chi connectivity index (χ2v) is 6.24. The number of carboxylic acid groups (broad SMARTS) is 1. The molecule has 0 saturated heterocycles. The smallest absolute Gasteiger partial charge is 0.407 e. The minimum atomic E-state index is -1.18. The van der Waals surface area contributed by atoms with Gasteiger partial charge < -0.3 is 20.5 Å². The van der Waals surface area contributed by atoms with Gasteiger partial charge in [-0.15, -0.1) is 0 Å². The van der Waals surface area contributed by atoms with Gasteiger partial charge in [-0.3, -0.25) is 9.59 Å². The number of carboxylic acids is 1. The molecular weight excluding hydrogens is 348 g/mol. The molecule has 0 heterocycles. The van der Waals surface area contributed by atoms with Crippen LogP contribution in [0.4, 0.5) is 4.79 Å². The van der Waals surface area contributed by atoms with Crippen LogP contribution in [0.1, 0.15) is 33.6 Å². The number of hydrogen-bond acceptors (Lipinski definition) is 6. The van der Waals surface area contributed by atoms with E-state index in [0.717, 1.165) is 0 Å². The minimum absolute atomic E-state index is 0.205. The monoisotopic (exact) mass is 370 g/mol. The van der Waals surface area contributed by atoms with E-state index >= 15 is 0 Å². The molecule has 0 unspecified atom stereocenters. The molecule has 0 bridgehead atoms. The predicted octanol–water partition coefficient (Wildman–Crippen LogP) is 1.85. The SMILES string of the molecule is CC(C)(C)OC(=O)N[C@H](CN=[N+]=[N-])CC(=O)N[C@H](CN=[N+]=[N-])CC(=O)O. The summed E-state index contributed by atoms with van der Waals surface area (Å²) in [6.07, 6.45) is -1.52. The van der Waals surface area contributed by atoms with Crippen LogP contribution in [0, 0.1) is 0 Å². The van der Waals surface area contributed by atoms with Gasteiger partial charge in [-0.1, -0.05) is 10.2 Å². The third-order valence-electron chi connectivity index (χ3n) is 2.67. The molecule has 0 aliphatic rings. The highest BCUT2D eigenvalue weighted by molar-refractivity contribution is 5.79. The van der Waals surface area contributed by atoms with E-state index in [4.69, 9.17) is 20.9 Å². The molecule has 13 nitrogen and oxygen atoms in total. The fourth-order valence-corrected chi connectivity index (χ4v) is 1.79. The normalized spacial score (nSPS) is 12.6. The summed E-state index contributed by atoms with van der Waals surface area (Å²) in [5, 5.41) is 20.2. The average Bonchev–Trinajstić information content (AvgIpc) is 2.47. The summed E-state index contributed by atoms with van der Waals surface area (Å²) in [6, 6.07) is -1.76. The van der Waals surface area contributed by atoms with Gasteiger partial charge in [0.25, 0.3) is 0 Å². The summed E-state index contributed by atoms with van der Waals surface area (Å²) in [5.41, 5.74) is 16.0. The Balaban J connectivity index is 4.87. The van der Waals surface area contributed by atoms with E-state index < -0.39 is 42.1 Å². The molecule has 0 aromatic heterocycles. The van der Waals surface area contributed by atoms with Crippen LogP contribution in [-0.4, -0.2) is 53.9 Å². The summed E-state index contributed by atoms with van der Waals surface area (Å²) in [7, 11) is 0. The molecule has 3 N–H and O–H groups in total. The number of carbonyl (C=O) groups excluding carboxylic acids is 2. The van der Waals surface area contributed by atoms with Crippen LogP contribution in [0.3, 0.4) is 0 Å². The largest absolute Gasteiger partial charge is 0.481 e. The fourth-order valence-electron chi connectivity index (χ4n) is 1.79. The molecular formula is C13H22N8O5. The van der Waals surface area contributed by atoms with E-state index in [9.17, 15) is 14.4 Å². The van der Waals surface area contributed by atoms with Crippen molar-refractivity contribution >= 4 is 18.0 Å². The fraction of sp³-hybridized carbons (Fsp3) is 0.769. The first-order valence-corrected chi connectivity index (χ1v) is 7.59. The molecule has 13 heteroatoms. The maximum Gasteiger partial charge on any atom is 0.407 e. The Bertz CT molecular complexity index is 600. The maximum atomic E-state index is 12.1. The Morgan fingerprint density at radius 1 is 1.04 bits per heavy atom. The maximum absolute atomic E-state index is 12.1. The molecule has 0 fully saturated rings. The van der Waals surface area contributed by atoms with Crippen molar-refractivity contribution in [3.8, 4) is 0 Å². The number of carbonyl (C=O) groups is 3. The number of hydrogen-bond donors (Lipinski definition) is 3. The van der Waals surface area contributed by atoms with Crippen LogP contribution >= 0.6 is 0 Å². The van der Waals surface area contributed by atoms with Crippen molar-refractivity contribution in [1.29, 1.82) is 0 Å². The molecule has 0 saturated carbocycles. The van der Waals surface area contributed by atoms with Crippen LogP contribution < -0.4 is 10.6 Å². The number of amides is 2. The van der Waals surface area contributed by atoms with Crippen LogP contribution in [0.15, 0.2) is 10.2 Å².